The summed E-state index contributed by atoms with van der Waals surface area (Å²) in [5, 5.41) is 0. The van der Waals surface area contributed by atoms with E-state index in [1.54, 1.807) is 18.2 Å². The molecule has 0 heterocycles. The number of nitrogen functional groups attached to an aromatic ring is 2. The van der Waals surface area contributed by atoms with Gasteiger partial charge in [0, 0.05) is 16.8 Å². The van der Waals surface area contributed by atoms with Crippen molar-refractivity contribution in [2.75, 3.05) is 11.5 Å². The third kappa shape index (κ3) is 5.18. The molecule has 0 aromatic heterocycles. The topological polar surface area (TPSA) is 78.3 Å². The molecule has 0 spiro atoms. The van der Waals surface area contributed by atoms with Crippen LogP contribution in [0.15, 0.2) is 41.5 Å². The molecule has 4 nitrogen and oxygen atoms in total. The molecule has 214 valence electrons. The predicted octanol–water partition coefficient (Wildman–Crippen LogP) is 8.58. The molecule has 0 radical (unpaired) electrons. The number of anilines is 2. The van der Waals surface area contributed by atoms with Gasteiger partial charge < -0.3 is 16.2 Å². The van der Waals surface area contributed by atoms with Crippen LogP contribution >= 0.6 is 0 Å². The molecule has 0 saturated heterocycles. The molecule has 3 saturated carbocycles. The Morgan fingerprint density at radius 3 is 2.38 bits per heavy atom. The van der Waals surface area contributed by atoms with Crippen LogP contribution in [0.2, 0.25) is 0 Å². The number of hydrogen-bond acceptors (Lipinski definition) is 4. The van der Waals surface area contributed by atoms with E-state index in [9.17, 15) is 4.79 Å². The maximum absolute atomic E-state index is 13.1. The molecule has 4 heteroatoms. The van der Waals surface area contributed by atoms with Crippen LogP contribution in [0.5, 0.6) is 0 Å². The Hall–Kier alpha value is -2.23. The van der Waals surface area contributed by atoms with Gasteiger partial charge in [0.1, 0.15) is 6.10 Å². The van der Waals surface area contributed by atoms with E-state index in [1.165, 1.54) is 56.1 Å². The molecule has 1 aromatic carbocycles. The number of carbonyl (C=O) groups excluding carboxylic acids is 1. The van der Waals surface area contributed by atoms with Crippen molar-refractivity contribution in [1.82, 2.24) is 0 Å². The van der Waals surface area contributed by atoms with Gasteiger partial charge in [0.15, 0.2) is 0 Å². The number of hydrogen-bond donors (Lipinski definition) is 2. The average Bonchev–Trinajstić information content (AvgIpc) is 3.29. The summed E-state index contributed by atoms with van der Waals surface area (Å²) in [4.78, 5) is 13.1. The molecule has 4 aliphatic carbocycles. The van der Waals surface area contributed by atoms with Crippen molar-refractivity contribution >= 4 is 17.3 Å². The first-order chi connectivity index (χ1) is 18.4. The number of carbonyl (C=O) groups is 1. The number of benzene rings is 1. The number of allylic oxidation sites excluding steroid dienone is 3. The van der Waals surface area contributed by atoms with Gasteiger partial charge in [-0.05, 0) is 131 Å². The standard InChI is InChI=1S/C35H52N2O2/c1-21(2)8-7-9-22(3)26-10-11-28-27(26)12-14-30-29(28)13-15-31-34(4,5)32(16-17-35(30,31)6)39-33(38)23-18-24(36)20-25(37)19-23/h8,15,18-20,22,26-30,32H,7,9-14,16-17,36-37H2,1-6H3. The normalized spacial score (nSPS) is 35.6. The average molecular weight is 533 g/mol. The largest absolute Gasteiger partial charge is 0.458 e. The minimum atomic E-state index is -0.318. The first kappa shape index (κ1) is 28.3. The zero-order valence-electron chi connectivity index (χ0n) is 25.3. The van der Waals surface area contributed by atoms with Crippen LogP contribution in [0.1, 0.15) is 110 Å². The summed E-state index contributed by atoms with van der Waals surface area (Å²) in [6, 6.07) is 5.00. The summed E-state index contributed by atoms with van der Waals surface area (Å²) >= 11 is 0. The first-order valence-corrected chi connectivity index (χ1v) is 15.6. The van der Waals surface area contributed by atoms with E-state index in [0.717, 1.165) is 48.3 Å². The van der Waals surface area contributed by atoms with Crippen molar-refractivity contribution in [1.29, 1.82) is 0 Å². The van der Waals surface area contributed by atoms with Gasteiger partial charge in [0.05, 0.1) is 5.56 Å². The van der Waals surface area contributed by atoms with Crippen molar-refractivity contribution in [3.63, 3.8) is 0 Å². The molecule has 1 aromatic rings. The van der Waals surface area contributed by atoms with Gasteiger partial charge in [0.2, 0.25) is 0 Å². The third-order valence-corrected chi connectivity index (χ3v) is 11.6. The Morgan fingerprint density at radius 2 is 1.69 bits per heavy atom. The van der Waals surface area contributed by atoms with Crippen LogP contribution in [-0.4, -0.2) is 12.1 Å². The summed E-state index contributed by atoms with van der Waals surface area (Å²) in [5.41, 5.74) is 16.3. The number of fused-ring (bicyclic) bond motifs is 5. The molecule has 0 amide bonds. The third-order valence-electron chi connectivity index (χ3n) is 11.6. The van der Waals surface area contributed by atoms with Crippen LogP contribution < -0.4 is 11.5 Å². The lowest BCUT2D eigenvalue weighted by Gasteiger charge is -2.59. The van der Waals surface area contributed by atoms with Gasteiger partial charge in [-0.15, -0.1) is 0 Å². The summed E-state index contributed by atoms with van der Waals surface area (Å²) in [5.74, 6) is 4.80. The van der Waals surface area contributed by atoms with Crippen molar-refractivity contribution < 1.29 is 9.53 Å². The zero-order chi connectivity index (χ0) is 28.1. The highest BCUT2D eigenvalue weighted by atomic mass is 16.5. The maximum Gasteiger partial charge on any atom is 0.338 e. The molecule has 39 heavy (non-hydrogen) atoms. The Bertz CT molecular complexity index is 1130. The molecule has 4 aliphatic rings. The van der Waals surface area contributed by atoms with Crippen LogP contribution in [-0.2, 0) is 4.74 Å². The van der Waals surface area contributed by atoms with Gasteiger partial charge >= 0.3 is 5.97 Å². The Balaban J connectivity index is 1.31. The van der Waals surface area contributed by atoms with E-state index < -0.39 is 0 Å². The van der Waals surface area contributed by atoms with E-state index in [1.807, 2.05) is 0 Å². The summed E-state index contributed by atoms with van der Waals surface area (Å²) in [7, 11) is 0. The fourth-order valence-electron chi connectivity index (χ4n) is 9.83. The second-order valence-electron chi connectivity index (χ2n) is 14.6. The van der Waals surface area contributed by atoms with Crippen LogP contribution in [0.25, 0.3) is 0 Å². The van der Waals surface area contributed by atoms with Crippen molar-refractivity contribution in [2.24, 2.45) is 46.3 Å². The van der Waals surface area contributed by atoms with E-state index in [2.05, 4.69) is 53.7 Å². The lowest BCUT2D eigenvalue weighted by Crippen LogP contribution is -2.53. The lowest BCUT2D eigenvalue weighted by atomic mass is 9.46. The molecular weight excluding hydrogens is 480 g/mol. The Labute approximate surface area is 237 Å². The SMILES string of the molecule is CC(C)=CCCC(C)C1CCC2C1CCC1C2CC=C2C(C)(C)C(OC(=O)c3cc(N)cc(N)c3)CCC21C. The fourth-order valence-corrected chi connectivity index (χ4v) is 9.83. The second-order valence-corrected chi connectivity index (χ2v) is 14.6. The highest BCUT2D eigenvalue weighted by molar-refractivity contribution is 5.92. The summed E-state index contributed by atoms with van der Waals surface area (Å²) < 4.78 is 6.19. The molecule has 3 fully saturated rings. The molecule has 4 N–H and O–H groups in total. The van der Waals surface area contributed by atoms with E-state index in [4.69, 9.17) is 16.2 Å². The highest BCUT2D eigenvalue weighted by Gasteiger charge is 2.58. The monoisotopic (exact) mass is 532 g/mol. The van der Waals surface area contributed by atoms with Gasteiger partial charge in [-0.1, -0.05) is 51.0 Å². The summed E-state index contributed by atoms with van der Waals surface area (Å²) in [6.07, 6.45) is 16.3. The maximum atomic E-state index is 13.1. The van der Waals surface area contributed by atoms with E-state index in [-0.39, 0.29) is 22.9 Å². The smallest absolute Gasteiger partial charge is 0.338 e. The highest BCUT2D eigenvalue weighted by Crippen LogP contribution is 2.66. The first-order valence-electron chi connectivity index (χ1n) is 15.6. The Morgan fingerprint density at radius 1 is 1.00 bits per heavy atom. The fraction of sp³-hybridized carbons (Fsp3) is 0.686. The minimum absolute atomic E-state index is 0.141. The van der Waals surface area contributed by atoms with Crippen LogP contribution in [0, 0.1) is 46.3 Å². The molecule has 8 atom stereocenters. The summed E-state index contributed by atoms with van der Waals surface area (Å²) in [6.45, 7) is 14.1. The Kier molecular flexibility index (Phi) is 7.72. The predicted molar refractivity (Wildman–Crippen MR) is 162 cm³/mol. The number of nitrogens with two attached hydrogens (primary N) is 2. The van der Waals surface area contributed by atoms with Crippen molar-refractivity contribution in [3.8, 4) is 0 Å². The zero-order valence-corrected chi connectivity index (χ0v) is 25.3. The molecular formula is C35H52N2O2. The number of rotatable bonds is 6. The number of ether oxygens (including phenoxy) is 1. The molecule has 0 bridgehead atoms. The number of esters is 1. The van der Waals surface area contributed by atoms with Gasteiger partial charge in [-0.25, -0.2) is 4.79 Å². The van der Waals surface area contributed by atoms with Gasteiger partial charge in [-0.3, -0.25) is 0 Å². The van der Waals surface area contributed by atoms with Gasteiger partial charge in [-0.2, -0.15) is 0 Å². The molecule has 0 aliphatic heterocycles. The molecule has 5 rings (SSSR count). The van der Waals surface area contributed by atoms with E-state index >= 15 is 0 Å². The van der Waals surface area contributed by atoms with E-state index in [0.29, 0.717) is 16.9 Å². The van der Waals surface area contributed by atoms with Crippen molar-refractivity contribution in [2.45, 2.75) is 105 Å². The van der Waals surface area contributed by atoms with Crippen molar-refractivity contribution in [3.05, 3.63) is 47.1 Å². The minimum Gasteiger partial charge on any atom is -0.458 e. The molecule has 8 unspecified atom stereocenters. The lowest BCUT2D eigenvalue weighted by molar-refractivity contribution is -0.0632. The van der Waals surface area contributed by atoms with Crippen LogP contribution in [0.3, 0.4) is 0 Å². The second kappa shape index (κ2) is 10.6. The quantitative estimate of drug-likeness (QED) is 0.218. The van der Waals surface area contributed by atoms with Gasteiger partial charge in [0.25, 0.3) is 0 Å². The van der Waals surface area contributed by atoms with Crippen LogP contribution in [0.4, 0.5) is 11.4 Å².